The molecule has 3 rings (SSSR count). The van der Waals surface area contributed by atoms with Crippen molar-refractivity contribution >= 4 is 28.8 Å². The molecule has 0 radical (unpaired) electrons. The Labute approximate surface area is 145 Å². The quantitative estimate of drug-likeness (QED) is 0.891. The molecule has 3 nitrogen and oxygen atoms in total. The minimum absolute atomic E-state index is 0.0616. The third-order valence-corrected chi connectivity index (χ3v) is 5.57. The van der Waals surface area contributed by atoms with Crippen LogP contribution in [0, 0.1) is 0 Å². The number of carbonyl (C=O) groups excluding carboxylic acids is 1. The lowest BCUT2D eigenvalue weighted by molar-refractivity contribution is -0.120. The Kier molecular flexibility index (Phi) is 5.36. The van der Waals surface area contributed by atoms with Gasteiger partial charge in [0, 0.05) is 35.1 Å². The van der Waals surface area contributed by atoms with Gasteiger partial charge in [0.2, 0.25) is 5.91 Å². The summed E-state index contributed by atoms with van der Waals surface area (Å²) in [4.78, 5) is 13.3. The summed E-state index contributed by atoms with van der Waals surface area (Å²) in [6.07, 6.45) is 2.27. The number of nitrogens with one attached hydrogen (secondary N) is 1. The van der Waals surface area contributed by atoms with Crippen molar-refractivity contribution in [2.24, 2.45) is 0 Å². The maximum absolute atomic E-state index is 12.2. The number of hydrogen-bond acceptors (Lipinski definition) is 3. The molecule has 0 spiro atoms. The Bertz CT molecular complexity index is 634. The summed E-state index contributed by atoms with van der Waals surface area (Å²) in [6.45, 7) is 2.09. The first-order valence-electron chi connectivity index (χ1n) is 7.81. The summed E-state index contributed by atoms with van der Waals surface area (Å²) in [5.74, 6) is 0.0762. The maximum atomic E-state index is 12.2. The van der Waals surface area contributed by atoms with E-state index in [1.165, 1.54) is 5.56 Å². The third-order valence-electron chi connectivity index (χ3n) is 4.45. The van der Waals surface area contributed by atoms with Gasteiger partial charge in [0.25, 0.3) is 0 Å². The van der Waals surface area contributed by atoms with Crippen LogP contribution in [0.15, 0.2) is 41.8 Å². The zero-order chi connectivity index (χ0) is 16.1. The molecule has 0 atom stereocenters. The summed E-state index contributed by atoms with van der Waals surface area (Å²) in [5, 5.41) is 5.85. The summed E-state index contributed by atoms with van der Waals surface area (Å²) < 4.78 is 5.52. The van der Waals surface area contributed by atoms with Crippen LogP contribution in [-0.2, 0) is 21.4 Å². The van der Waals surface area contributed by atoms with Gasteiger partial charge in [-0.25, -0.2) is 0 Å². The van der Waals surface area contributed by atoms with Gasteiger partial charge >= 0.3 is 0 Å². The number of amides is 1. The van der Waals surface area contributed by atoms with E-state index < -0.39 is 0 Å². The molecule has 1 aromatic carbocycles. The van der Waals surface area contributed by atoms with E-state index in [1.807, 2.05) is 29.6 Å². The molecule has 0 bridgehead atoms. The lowest BCUT2D eigenvalue weighted by Gasteiger charge is -2.38. The fourth-order valence-electron chi connectivity index (χ4n) is 3.03. The largest absolute Gasteiger partial charge is 0.381 e. The molecule has 2 aromatic rings. The van der Waals surface area contributed by atoms with Gasteiger partial charge in [-0.1, -0.05) is 29.8 Å². The first-order chi connectivity index (χ1) is 11.2. The summed E-state index contributed by atoms with van der Waals surface area (Å²) in [5.41, 5.74) is 1.16. The Morgan fingerprint density at radius 1 is 1.22 bits per heavy atom. The second-order valence-electron chi connectivity index (χ2n) is 5.93. The van der Waals surface area contributed by atoms with Crippen LogP contribution in [0.4, 0.5) is 0 Å². The first kappa shape index (κ1) is 16.5. The van der Waals surface area contributed by atoms with Crippen LogP contribution in [0.5, 0.6) is 0 Å². The van der Waals surface area contributed by atoms with Crippen LogP contribution >= 0.6 is 22.9 Å². The highest BCUT2D eigenvalue weighted by atomic mass is 35.5. The maximum Gasteiger partial charge on any atom is 0.225 e. The molecule has 1 aliphatic rings. The van der Waals surface area contributed by atoms with Gasteiger partial charge in [0.1, 0.15) is 0 Å². The molecule has 0 aliphatic carbocycles. The highest BCUT2D eigenvalue weighted by Gasteiger charge is 2.34. The van der Waals surface area contributed by atoms with E-state index in [-0.39, 0.29) is 11.3 Å². The van der Waals surface area contributed by atoms with Gasteiger partial charge < -0.3 is 10.1 Å². The minimum Gasteiger partial charge on any atom is -0.381 e. The molecule has 0 unspecified atom stereocenters. The first-order valence-corrected chi connectivity index (χ1v) is 9.07. The number of thiophene rings is 1. The molecule has 0 saturated carbocycles. The number of benzene rings is 1. The predicted octanol–water partition coefficient (Wildman–Crippen LogP) is 3.81. The molecule has 1 saturated heterocycles. The van der Waals surface area contributed by atoms with E-state index in [2.05, 4.69) is 17.4 Å². The van der Waals surface area contributed by atoms with E-state index >= 15 is 0 Å². The Balaban J connectivity index is 1.69. The number of rotatable bonds is 5. The fourth-order valence-corrected chi connectivity index (χ4v) is 3.86. The van der Waals surface area contributed by atoms with Crippen LogP contribution in [0.2, 0.25) is 5.02 Å². The standard InChI is InChI=1S/C18H20ClNO2S/c19-15-5-3-14(4-6-15)18(7-9-22-10-8-18)13-20-17(21)12-16-2-1-11-23-16/h1-6,11H,7-10,12-13H2,(H,20,21). The van der Waals surface area contributed by atoms with Crippen molar-refractivity contribution < 1.29 is 9.53 Å². The molecule has 1 N–H and O–H groups in total. The fraction of sp³-hybridized carbons (Fsp3) is 0.389. The normalized spacial score (nSPS) is 16.9. The van der Waals surface area contributed by atoms with Gasteiger partial charge in [-0.05, 0) is 42.0 Å². The van der Waals surface area contributed by atoms with Crippen LogP contribution in [0.3, 0.4) is 0 Å². The molecule has 1 aromatic heterocycles. The predicted molar refractivity (Wildman–Crippen MR) is 94.2 cm³/mol. The van der Waals surface area contributed by atoms with Crippen molar-refractivity contribution in [3.05, 3.63) is 57.2 Å². The van der Waals surface area contributed by atoms with Crippen molar-refractivity contribution in [1.29, 1.82) is 0 Å². The molecule has 1 amide bonds. The molecule has 1 fully saturated rings. The molecule has 2 heterocycles. The second kappa shape index (κ2) is 7.47. The summed E-state index contributed by atoms with van der Waals surface area (Å²) in [6, 6.07) is 11.9. The van der Waals surface area contributed by atoms with Crippen molar-refractivity contribution in [2.75, 3.05) is 19.8 Å². The SMILES string of the molecule is O=C(Cc1cccs1)NCC1(c2ccc(Cl)cc2)CCOCC1. The minimum atomic E-state index is -0.0616. The smallest absolute Gasteiger partial charge is 0.225 e. The van der Waals surface area contributed by atoms with Crippen LogP contribution in [0.1, 0.15) is 23.3 Å². The van der Waals surface area contributed by atoms with E-state index in [1.54, 1.807) is 11.3 Å². The van der Waals surface area contributed by atoms with Crippen molar-refractivity contribution in [3.8, 4) is 0 Å². The van der Waals surface area contributed by atoms with E-state index in [0.29, 0.717) is 13.0 Å². The molecular weight excluding hydrogens is 330 g/mol. The number of ether oxygens (including phenoxy) is 1. The molecule has 5 heteroatoms. The average molecular weight is 350 g/mol. The van der Waals surface area contributed by atoms with Gasteiger partial charge in [0.05, 0.1) is 6.42 Å². The second-order valence-corrected chi connectivity index (χ2v) is 7.40. The lowest BCUT2D eigenvalue weighted by atomic mass is 9.74. The Morgan fingerprint density at radius 2 is 1.96 bits per heavy atom. The highest BCUT2D eigenvalue weighted by Crippen LogP contribution is 2.34. The third kappa shape index (κ3) is 4.14. The van der Waals surface area contributed by atoms with E-state index in [0.717, 1.165) is 36.0 Å². The van der Waals surface area contributed by atoms with Crippen molar-refractivity contribution in [2.45, 2.75) is 24.7 Å². The lowest BCUT2D eigenvalue weighted by Crippen LogP contribution is -2.44. The number of hydrogen-bond donors (Lipinski definition) is 1. The molecule has 1 aliphatic heterocycles. The van der Waals surface area contributed by atoms with Crippen LogP contribution in [0.25, 0.3) is 0 Å². The molecular formula is C18H20ClNO2S. The van der Waals surface area contributed by atoms with Crippen molar-refractivity contribution in [3.63, 3.8) is 0 Å². The monoisotopic (exact) mass is 349 g/mol. The zero-order valence-electron chi connectivity index (χ0n) is 12.9. The van der Waals surface area contributed by atoms with Gasteiger partial charge in [-0.3, -0.25) is 4.79 Å². The van der Waals surface area contributed by atoms with E-state index in [4.69, 9.17) is 16.3 Å². The van der Waals surface area contributed by atoms with Crippen LogP contribution in [-0.4, -0.2) is 25.7 Å². The van der Waals surface area contributed by atoms with Crippen LogP contribution < -0.4 is 5.32 Å². The average Bonchev–Trinajstić information content (AvgIpc) is 3.07. The Morgan fingerprint density at radius 3 is 2.61 bits per heavy atom. The number of carbonyl (C=O) groups is 1. The summed E-state index contributed by atoms with van der Waals surface area (Å²) in [7, 11) is 0. The van der Waals surface area contributed by atoms with E-state index in [9.17, 15) is 4.79 Å². The highest BCUT2D eigenvalue weighted by molar-refractivity contribution is 7.10. The van der Waals surface area contributed by atoms with Gasteiger partial charge in [-0.15, -0.1) is 11.3 Å². The number of halogens is 1. The van der Waals surface area contributed by atoms with Crippen molar-refractivity contribution in [1.82, 2.24) is 5.32 Å². The molecule has 23 heavy (non-hydrogen) atoms. The van der Waals surface area contributed by atoms with Gasteiger partial charge in [-0.2, -0.15) is 0 Å². The molecule has 122 valence electrons. The zero-order valence-corrected chi connectivity index (χ0v) is 14.5. The summed E-state index contributed by atoms with van der Waals surface area (Å²) >= 11 is 7.62. The topological polar surface area (TPSA) is 38.3 Å². The van der Waals surface area contributed by atoms with Gasteiger partial charge in [0.15, 0.2) is 0 Å². The Hall–Kier alpha value is -1.36.